The number of quaternary nitrogens is 1. The van der Waals surface area contributed by atoms with E-state index in [2.05, 4.69) is 5.32 Å². The zero-order valence-electron chi connectivity index (χ0n) is 18.6. The van der Waals surface area contributed by atoms with Crippen molar-refractivity contribution in [2.24, 2.45) is 17.6 Å². The second-order valence-corrected chi connectivity index (χ2v) is 9.44. The predicted octanol–water partition coefficient (Wildman–Crippen LogP) is 0.427. The van der Waals surface area contributed by atoms with E-state index < -0.39 is 47.0 Å². The van der Waals surface area contributed by atoms with Crippen LogP contribution in [-0.4, -0.2) is 41.7 Å². The van der Waals surface area contributed by atoms with E-state index in [1.165, 1.54) is 4.90 Å². The van der Waals surface area contributed by atoms with Gasteiger partial charge in [-0.2, -0.15) is 0 Å². The number of nitrogens with two attached hydrogens (primary N) is 2. The molecule has 3 aliphatic rings. The summed E-state index contributed by atoms with van der Waals surface area (Å²) in [5.41, 5.74) is 6.66. The molecule has 0 unspecified atom stereocenters. The number of likely N-dealkylation sites (tertiary alicyclic amines) is 1. The van der Waals surface area contributed by atoms with Crippen molar-refractivity contribution < 1.29 is 29.2 Å². The number of methoxy groups -OCH3 is 1. The molecule has 3 heterocycles. The first-order valence-electron chi connectivity index (χ1n) is 10.9. The number of anilines is 1. The van der Waals surface area contributed by atoms with E-state index in [4.69, 9.17) is 22.1 Å². The van der Waals surface area contributed by atoms with Gasteiger partial charge in [-0.1, -0.05) is 23.7 Å². The Hall–Kier alpha value is -3.43. The number of rotatable bonds is 5. The van der Waals surface area contributed by atoms with Crippen LogP contribution in [0.5, 0.6) is 5.75 Å². The molecule has 2 fully saturated rings. The normalized spacial score (nSPS) is 27.2. The molecule has 0 aromatic heterocycles. The minimum atomic E-state index is -1.38. The third-order valence-corrected chi connectivity index (χ3v) is 7.68. The minimum Gasteiger partial charge on any atom is -0.497 e. The maximum absolute atomic E-state index is 13.8. The highest BCUT2D eigenvalue weighted by Gasteiger charge is 2.74. The summed E-state index contributed by atoms with van der Waals surface area (Å²) < 4.78 is 5.17. The quantitative estimate of drug-likeness (QED) is 0.530. The summed E-state index contributed by atoms with van der Waals surface area (Å²) in [6, 6.07) is 9.80. The Morgan fingerprint density at radius 1 is 1.18 bits per heavy atom. The van der Waals surface area contributed by atoms with Crippen LogP contribution in [0.2, 0.25) is 5.02 Å². The van der Waals surface area contributed by atoms with Crippen molar-refractivity contribution in [1.82, 2.24) is 4.90 Å². The van der Waals surface area contributed by atoms with Gasteiger partial charge < -0.3 is 21.1 Å². The molecule has 10 heteroatoms. The van der Waals surface area contributed by atoms with Crippen LogP contribution in [0.1, 0.15) is 23.1 Å². The molecule has 4 amide bonds. The van der Waals surface area contributed by atoms with Gasteiger partial charge in [0.1, 0.15) is 23.6 Å². The molecule has 2 aromatic carbocycles. The number of fused-ring (bicyclic) bond motifs is 4. The molecule has 34 heavy (non-hydrogen) atoms. The molecule has 5 N–H and O–H groups in total. The van der Waals surface area contributed by atoms with E-state index in [1.54, 1.807) is 55.7 Å². The second-order valence-electron chi connectivity index (χ2n) is 9.03. The molecule has 0 aliphatic carbocycles. The first-order chi connectivity index (χ1) is 16.2. The van der Waals surface area contributed by atoms with Crippen LogP contribution < -0.4 is 21.1 Å². The summed E-state index contributed by atoms with van der Waals surface area (Å²) >= 11 is 6.27. The SMILES string of the molecule is COc1ccc(CN2C(=O)[C@@H]3[C@H](CC(N)=O)[NH2+][C@]4(C(=O)Nc5c4ccc(Cl)c5C)[C@@H]3C2=O)cc1. The van der Waals surface area contributed by atoms with Crippen molar-refractivity contribution in [3.05, 3.63) is 58.1 Å². The number of hydrogen-bond acceptors (Lipinski definition) is 5. The number of nitrogens with one attached hydrogen (secondary N) is 1. The fraction of sp³-hybridized carbons (Fsp3) is 0.333. The van der Waals surface area contributed by atoms with Crippen LogP contribution >= 0.6 is 11.6 Å². The Morgan fingerprint density at radius 2 is 1.88 bits per heavy atom. The summed E-state index contributed by atoms with van der Waals surface area (Å²) in [4.78, 5) is 53.8. The number of ether oxygens (including phenoxy) is 1. The number of hydrogen-bond donors (Lipinski definition) is 3. The average molecular weight is 484 g/mol. The highest BCUT2D eigenvalue weighted by Crippen LogP contribution is 2.51. The summed E-state index contributed by atoms with van der Waals surface area (Å²) in [7, 11) is 1.55. The Labute approximate surface area is 200 Å². The maximum atomic E-state index is 13.8. The molecule has 3 aliphatic heterocycles. The molecular weight excluding hydrogens is 460 g/mol. The number of carbonyl (C=O) groups excluding carboxylic acids is 4. The molecule has 0 radical (unpaired) electrons. The van der Waals surface area contributed by atoms with E-state index in [9.17, 15) is 19.2 Å². The lowest BCUT2D eigenvalue weighted by Gasteiger charge is -2.26. The van der Waals surface area contributed by atoms with E-state index in [0.717, 1.165) is 5.56 Å². The van der Waals surface area contributed by atoms with Crippen molar-refractivity contribution in [3.8, 4) is 5.75 Å². The van der Waals surface area contributed by atoms with Gasteiger partial charge in [0.25, 0.3) is 5.91 Å². The summed E-state index contributed by atoms with van der Waals surface area (Å²) in [6.45, 7) is 1.84. The Bertz CT molecular complexity index is 1250. The van der Waals surface area contributed by atoms with Crippen LogP contribution in [0, 0.1) is 18.8 Å². The van der Waals surface area contributed by atoms with Gasteiger partial charge in [0, 0.05) is 10.6 Å². The van der Waals surface area contributed by atoms with Gasteiger partial charge in [-0.25, -0.2) is 0 Å². The molecule has 2 saturated heterocycles. The molecule has 5 rings (SSSR count). The summed E-state index contributed by atoms with van der Waals surface area (Å²) in [6.07, 6.45) is -0.131. The Kier molecular flexibility index (Phi) is 5.14. The highest BCUT2D eigenvalue weighted by molar-refractivity contribution is 6.32. The van der Waals surface area contributed by atoms with Crippen LogP contribution in [0.4, 0.5) is 5.69 Å². The Balaban J connectivity index is 1.59. The van der Waals surface area contributed by atoms with Gasteiger partial charge in [-0.15, -0.1) is 0 Å². The summed E-state index contributed by atoms with van der Waals surface area (Å²) in [5, 5.41) is 5.04. The largest absolute Gasteiger partial charge is 0.497 e. The van der Waals surface area contributed by atoms with Crippen LogP contribution in [0.15, 0.2) is 36.4 Å². The number of benzene rings is 2. The van der Waals surface area contributed by atoms with Crippen LogP contribution in [0.25, 0.3) is 0 Å². The van der Waals surface area contributed by atoms with Crippen LogP contribution in [-0.2, 0) is 31.3 Å². The monoisotopic (exact) mass is 483 g/mol. The number of amides is 4. The number of nitrogens with zero attached hydrogens (tertiary/aromatic N) is 1. The van der Waals surface area contributed by atoms with Gasteiger partial charge >= 0.3 is 0 Å². The van der Waals surface area contributed by atoms with E-state index in [0.29, 0.717) is 27.6 Å². The molecule has 9 nitrogen and oxygen atoms in total. The average Bonchev–Trinajstić information content (AvgIpc) is 3.37. The van der Waals surface area contributed by atoms with Crippen molar-refractivity contribution in [1.29, 1.82) is 0 Å². The smallest absolute Gasteiger partial charge is 0.291 e. The fourth-order valence-corrected chi connectivity index (χ4v) is 5.86. The van der Waals surface area contributed by atoms with E-state index in [-0.39, 0.29) is 13.0 Å². The number of imide groups is 1. The predicted molar refractivity (Wildman–Crippen MR) is 122 cm³/mol. The van der Waals surface area contributed by atoms with Crippen molar-refractivity contribution in [3.63, 3.8) is 0 Å². The topological polar surface area (TPSA) is 135 Å². The summed E-state index contributed by atoms with van der Waals surface area (Å²) in [5.74, 6) is -3.01. The lowest BCUT2D eigenvalue weighted by Crippen LogP contribution is -2.99. The lowest BCUT2D eigenvalue weighted by atomic mass is 9.76. The van der Waals surface area contributed by atoms with Gasteiger partial charge in [0.2, 0.25) is 23.3 Å². The third kappa shape index (κ3) is 3.04. The van der Waals surface area contributed by atoms with Gasteiger partial charge in [0.05, 0.1) is 25.8 Å². The molecule has 0 saturated carbocycles. The van der Waals surface area contributed by atoms with Crippen molar-refractivity contribution in [2.45, 2.75) is 31.5 Å². The van der Waals surface area contributed by atoms with E-state index in [1.807, 2.05) is 0 Å². The zero-order chi connectivity index (χ0) is 24.4. The molecule has 0 bridgehead atoms. The number of carbonyl (C=O) groups is 4. The van der Waals surface area contributed by atoms with Crippen LogP contribution in [0.3, 0.4) is 0 Å². The standard InChI is InChI=1S/C24H23ClN4O5/c1-11-15(25)8-7-14-20(11)27-23(33)24(14)19-18(16(28-24)9-17(26)30)21(31)29(22(19)32)10-12-3-5-13(34-2)6-4-12/h3-8,16,18-19,28H,9-10H2,1-2H3,(H2,26,30)(H,27,33)/p+1/t16-,18+,19-,24-/m0/s1. The van der Waals surface area contributed by atoms with Gasteiger partial charge in [-0.05, 0) is 42.3 Å². The van der Waals surface area contributed by atoms with Gasteiger partial charge in [-0.3, -0.25) is 24.1 Å². The highest BCUT2D eigenvalue weighted by atomic mass is 35.5. The second kappa shape index (κ2) is 7.82. The Morgan fingerprint density at radius 3 is 2.53 bits per heavy atom. The first-order valence-corrected chi connectivity index (χ1v) is 11.3. The molecule has 2 aromatic rings. The molecule has 1 spiro atoms. The maximum Gasteiger partial charge on any atom is 0.291 e. The third-order valence-electron chi connectivity index (χ3n) is 7.27. The number of halogens is 1. The molecule has 176 valence electrons. The lowest BCUT2D eigenvalue weighted by molar-refractivity contribution is -0.732. The van der Waals surface area contributed by atoms with E-state index >= 15 is 0 Å². The zero-order valence-corrected chi connectivity index (χ0v) is 19.4. The van der Waals surface area contributed by atoms with Gasteiger partial charge in [0.15, 0.2) is 0 Å². The molecular formula is C24H24ClN4O5+. The first kappa shape index (κ1) is 22.4. The van der Waals surface area contributed by atoms with Crippen molar-refractivity contribution >= 4 is 40.9 Å². The van der Waals surface area contributed by atoms with Crippen molar-refractivity contribution in [2.75, 3.05) is 12.4 Å². The fourth-order valence-electron chi connectivity index (χ4n) is 5.70. The molecule has 4 atom stereocenters. The minimum absolute atomic E-state index is 0.0577. The number of primary amides is 1.